The standard InChI is InChI=1S/C67H128NO18P/c1-4-7-10-13-16-19-22-25-27-30-32-35-38-41-44-47-55(70)80-51-53(82-56(71)48-45-42-39-36-34-31-28-26-23-20-17-14-11-8-5-2)52-81-87(78,79)86-66-64(84-57(72)49-46-43-40-37-33-29-24-21-18-15-12-9-6-3)62(76)61(75)63(77)65(66)85-67-58(68)60(74)59(73)54(50-69)83-67/h53-54,58-67,69,73-77H,4-52,68H2,1-3H3,(H,78,79)/t53?,54-,58-,59-,60-,61-,62-,63+,64-,65-,66-,67-/m1/s1. The molecule has 0 amide bonds. The summed E-state index contributed by atoms with van der Waals surface area (Å²) in [5.41, 5.74) is 6.16. The van der Waals surface area contributed by atoms with E-state index in [-0.39, 0.29) is 19.3 Å². The molecule has 1 aliphatic heterocycles. The Labute approximate surface area is 526 Å². The van der Waals surface area contributed by atoms with Gasteiger partial charge in [-0.1, -0.05) is 278 Å². The average molecular weight is 1270 g/mol. The van der Waals surface area contributed by atoms with Crippen LogP contribution in [-0.2, 0) is 51.7 Å². The largest absolute Gasteiger partial charge is 0.472 e. The van der Waals surface area contributed by atoms with Gasteiger partial charge in [0.25, 0.3) is 0 Å². The van der Waals surface area contributed by atoms with Crippen LogP contribution in [0.4, 0.5) is 0 Å². The number of nitrogens with two attached hydrogens (primary N) is 1. The summed E-state index contributed by atoms with van der Waals surface area (Å²) in [6.07, 6.45) is 28.3. The number of unbranched alkanes of at least 4 members (excludes halogenated alkanes) is 40. The van der Waals surface area contributed by atoms with Gasteiger partial charge in [0.15, 0.2) is 18.5 Å². The van der Waals surface area contributed by atoms with E-state index in [2.05, 4.69) is 20.8 Å². The molecular weight excluding hydrogens is 1140 g/mol. The molecule has 0 aromatic carbocycles. The van der Waals surface area contributed by atoms with Gasteiger partial charge in [-0.15, -0.1) is 0 Å². The highest BCUT2D eigenvalue weighted by atomic mass is 31.2. The first-order chi connectivity index (χ1) is 42.1. The van der Waals surface area contributed by atoms with Gasteiger partial charge >= 0.3 is 25.7 Å². The van der Waals surface area contributed by atoms with Crippen molar-refractivity contribution in [3.8, 4) is 0 Å². The van der Waals surface area contributed by atoms with Crippen LogP contribution in [0.2, 0.25) is 0 Å². The van der Waals surface area contributed by atoms with Gasteiger partial charge in [0.1, 0.15) is 55.4 Å². The highest BCUT2D eigenvalue weighted by molar-refractivity contribution is 7.47. The maximum Gasteiger partial charge on any atom is 0.472 e. The quantitative estimate of drug-likeness (QED) is 0.0121. The molecule has 0 radical (unpaired) electrons. The van der Waals surface area contributed by atoms with Crippen LogP contribution in [0.1, 0.15) is 316 Å². The lowest BCUT2D eigenvalue weighted by molar-refractivity contribution is -0.316. The second kappa shape index (κ2) is 52.6. The van der Waals surface area contributed by atoms with E-state index in [1.165, 1.54) is 173 Å². The Kier molecular flexibility index (Phi) is 49.2. The first-order valence-electron chi connectivity index (χ1n) is 35.4. The van der Waals surface area contributed by atoms with Crippen molar-refractivity contribution in [1.29, 1.82) is 0 Å². The maximum absolute atomic E-state index is 14.1. The predicted octanol–water partition coefficient (Wildman–Crippen LogP) is 13.1. The zero-order valence-corrected chi connectivity index (χ0v) is 55.6. The third-order valence-corrected chi connectivity index (χ3v) is 18.4. The van der Waals surface area contributed by atoms with Crippen molar-refractivity contribution >= 4 is 25.7 Å². The van der Waals surface area contributed by atoms with Crippen LogP contribution in [0, 0.1) is 0 Å². The molecule has 514 valence electrons. The number of ether oxygens (including phenoxy) is 5. The lowest BCUT2D eigenvalue weighted by Crippen LogP contribution is -2.69. The van der Waals surface area contributed by atoms with Crippen LogP contribution >= 0.6 is 7.82 Å². The fraction of sp³-hybridized carbons (Fsp3) is 0.955. The Balaban J connectivity index is 2.11. The molecule has 9 N–H and O–H groups in total. The number of aliphatic hydroxyl groups excluding tert-OH is 6. The minimum absolute atomic E-state index is 0.0366. The second-order valence-corrected chi connectivity index (χ2v) is 26.7. The van der Waals surface area contributed by atoms with Gasteiger partial charge < -0.3 is 65.0 Å². The van der Waals surface area contributed by atoms with Crippen LogP contribution in [0.5, 0.6) is 0 Å². The molecule has 2 fully saturated rings. The summed E-state index contributed by atoms with van der Waals surface area (Å²) >= 11 is 0. The number of aliphatic hydroxyl groups is 6. The summed E-state index contributed by atoms with van der Waals surface area (Å²) in [6, 6.07) is -1.56. The highest BCUT2D eigenvalue weighted by Gasteiger charge is 2.57. The third-order valence-electron chi connectivity index (χ3n) is 17.4. The number of carbonyl (C=O) groups excluding carboxylic acids is 3. The van der Waals surface area contributed by atoms with Gasteiger partial charge in [-0.2, -0.15) is 0 Å². The number of esters is 3. The number of phosphoric acid groups is 1. The van der Waals surface area contributed by atoms with Crippen LogP contribution in [0.25, 0.3) is 0 Å². The first kappa shape index (κ1) is 81.3. The number of hydrogen-bond donors (Lipinski definition) is 8. The van der Waals surface area contributed by atoms with Crippen molar-refractivity contribution in [2.75, 3.05) is 19.8 Å². The smallest absolute Gasteiger partial charge is 0.462 e. The Bertz CT molecular complexity index is 1720. The Morgan fingerprint density at radius 3 is 1.16 bits per heavy atom. The summed E-state index contributed by atoms with van der Waals surface area (Å²) in [6.45, 7) is 4.52. The Morgan fingerprint density at radius 1 is 0.437 bits per heavy atom. The van der Waals surface area contributed by atoms with Gasteiger partial charge in [0.2, 0.25) is 0 Å². The molecule has 13 atom stereocenters. The van der Waals surface area contributed by atoms with E-state index in [4.69, 9.17) is 38.5 Å². The summed E-state index contributed by atoms with van der Waals surface area (Å²) in [5.74, 6) is -2.05. The Morgan fingerprint density at radius 2 is 0.782 bits per heavy atom. The Hall–Kier alpha value is -1.84. The summed E-state index contributed by atoms with van der Waals surface area (Å²) in [7, 11) is -5.46. The molecule has 20 heteroatoms. The van der Waals surface area contributed by atoms with Crippen molar-refractivity contribution in [3.63, 3.8) is 0 Å². The molecule has 1 saturated carbocycles. The lowest BCUT2D eigenvalue weighted by Gasteiger charge is -2.48. The topological polar surface area (TPSA) is 301 Å². The molecule has 0 aromatic heterocycles. The predicted molar refractivity (Wildman–Crippen MR) is 339 cm³/mol. The van der Waals surface area contributed by atoms with E-state index in [0.29, 0.717) is 25.7 Å². The minimum Gasteiger partial charge on any atom is -0.462 e. The maximum atomic E-state index is 14.1. The molecule has 2 aliphatic rings. The molecule has 87 heavy (non-hydrogen) atoms. The molecule has 0 spiro atoms. The zero-order valence-electron chi connectivity index (χ0n) is 54.7. The fourth-order valence-electron chi connectivity index (χ4n) is 11.7. The van der Waals surface area contributed by atoms with Crippen LogP contribution < -0.4 is 5.73 Å². The molecule has 2 unspecified atom stereocenters. The van der Waals surface area contributed by atoms with Crippen molar-refractivity contribution in [2.45, 2.75) is 390 Å². The number of phosphoric ester groups is 1. The molecule has 0 bridgehead atoms. The fourth-order valence-corrected chi connectivity index (χ4v) is 12.7. The first-order valence-corrected chi connectivity index (χ1v) is 36.9. The lowest BCUT2D eigenvalue weighted by atomic mass is 9.84. The zero-order chi connectivity index (χ0) is 63.8. The van der Waals surface area contributed by atoms with E-state index in [1.54, 1.807) is 0 Å². The second-order valence-electron chi connectivity index (χ2n) is 25.3. The summed E-state index contributed by atoms with van der Waals surface area (Å²) in [5, 5.41) is 65.0. The normalized spacial score (nSPS) is 24.2. The van der Waals surface area contributed by atoms with E-state index in [1.807, 2.05) is 0 Å². The van der Waals surface area contributed by atoms with Crippen LogP contribution in [-0.4, -0.2) is 147 Å². The monoisotopic (exact) mass is 1270 g/mol. The van der Waals surface area contributed by atoms with Crippen molar-refractivity contribution in [2.24, 2.45) is 5.73 Å². The molecule has 1 heterocycles. The van der Waals surface area contributed by atoms with Crippen molar-refractivity contribution < 1.29 is 87.2 Å². The number of rotatable bonds is 58. The van der Waals surface area contributed by atoms with E-state index >= 15 is 0 Å². The number of hydrogen-bond acceptors (Lipinski definition) is 18. The molecule has 2 rings (SSSR count). The van der Waals surface area contributed by atoms with Crippen molar-refractivity contribution in [1.82, 2.24) is 0 Å². The van der Waals surface area contributed by atoms with Gasteiger partial charge in [0, 0.05) is 19.3 Å². The van der Waals surface area contributed by atoms with E-state index in [9.17, 15) is 54.5 Å². The average Bonchev–Trinajstić information content (AvgIpc) is 1.21. The highest BCUT2D eigenvalue weighted by Crippen LogP contribution is 2.48. The number of carbonyl (C=O) groups is 3. The molecule has 19 nitrogen and oxygen atoms in total. The molecular formula is C67H128NO18P. The van der Waals surface area contributed by atoms with Gasteiger partial charge in [-0.25, -0.2) is 4.57 Å². The summed E-state index contributed by atoms with van der Waals surface area (Å²) < 4.78 is 53.6. The minimum atomic E-state index is -5.46. The van der Waals surface area contributed by atoms with Gasteiger partial charge in [-0.05, 0) is 19.3 Å². The van der Waals surface area contributed by atoms with Gasteiger partial charge in [-0.3, -0.25) is 23.4 Å². The van der Waals surface area contributed by atoms with Crippen LogP contribution in [0.15, 0.2) is 0 Å². The van der Waals surface area contributed by atoms with Crippen LogP contribution in [0.3, 0.4) is 0 Å². The molecule has 0 aromatic rings. The van der Waals surface area contributed by atoms with E-state index in [0.717, 1.165) is 77.0 Å². The van der Waals surface area contributed by atoms with E-state index < -0.39 is 119 Å². The summed E-state index contributed by atoms with van der Waals surface area (Å²) in [4.78, 5) is 51.2. The third kappa shape index (κ3) is 38.7. The molecule has 1 aliphatic carbocycles. The SMILES string of the molecule is CCCCCCCCCCCCCCCCCC(=O)OCC(COP(=O)(O)O[C@@H]1[C@H](OC(=O)CCCCCCCCCCCCCCC)[C@H](O)[C@@H](O)[C@H](O)[C@H]1O[C@H]1O[C@H](CO)[C@@H](O)[C@H](O)[C@H]1N)OC(=O)CCCCCCCCCCCCCCCCC. The van der Waals surface area contributed by atoms with Gasteiger partial charge in [0.05, 0.1) is 19.3 Å². The molecule has 1 saturated heterocycles. The van der Waals surface area contributed by atoms with Crippen molar-refractivity contribution in [3.05, 3.63) is 0 Å².